The molecule has 1 aromatic rings. The molecule has 0 saturated carbocycles. The van der Waals surface area contributed by atoms with Gasteiger partial charge in [0.2, 0.25) is 0 Å². The van der Waals surface area contributed by atoms with Crippen molar-refractivity contribution < 1.29 is 35.7 Å². The molecule has 0 unspecified atom stereocenters. The van der Waals surface area contributed by atoms with Crippen molar-refractivity contribution in [2.45, 2.75) is 44.2 Å². The van der Waals surface area contributed by atoms with Gasteiger partial charge in [-0.1, -0.05) is 12.1 Å². The van der Waals surface area contributed by atoms with E-state index >= 15 is 0 Å². The molecule has 3 rings (SSSR count). The summed E-state index contributed by atoms with van der Waals surface area (Å²) in [5.41, 5.74) is 0.891. The van der Waals surface area contributed by atoms with Crippen molar-refractivity contribution >= 4 is 10.4 Å². The SMILES string of the molecule is COc1ccc(CO[C@H]2[C@H](OC)O[C@H](C)[C@@H]3OS(=O)(=O)O[C@@H]32)cc1. The highest BCUT2D eigenvalue weighted by Gasteiger charge is 2.55. The standard InChI is InChI=1S/C15H20O8S/c1-9-12-13(23-24(16,17)22-12)14(15(19-3)21-9)20-8-10-4-6-11(18-2)7-5-10/h4-7,9,12-15H,8H2,1-3H3/t9-,12+,13+,14-,15-/m1/s1. The first-order valence-electron chi connectivity index (χ1n) is 7.48. The lowest BCUT2D eigenvalue weighted by molar-refractivity contribution is -0.278. The third kappa shape index (κ3) is 3.56. The fourth-order valence-corrected chi connectivity index (χ4v) is 3.86. The first-order valence-corrected chi connectivity index (χ1v) is 8.81. The first kappa shape index (κ1) is 17.6. The van der Waals surface area contributed by atoms with E-state index in [-0.39, 0.29) is 6.61 Å². The number of hydrogen-bond donors (Lipinski definition) is 0. The molecule has 0 amide bonds. The Hall–Kier alpha value is -1.23. The largest absolute Gasteiger partial charge is 0.497 e. The average molecular weight is 360 g/mol. The minimum Gasteiger partial charge on any atom is -0.497 e. The quantitative estimate of drug-likeness (QED) is 0.768. The molecule has 2 aliphatic rings. The Morgan fingerprint density at radius 1 is 1.08 bits per heavy atom. The molecule has 0 spiro atoms. The second-order valence-electron chi connectivity index (χ2n) is 5.60. The van der Waals surface area contributed by atoms with Gasteiger partial charge in [-0.25, -0.2) is 8.37 Å². The van der Waals surface area contributed by atoms with Gasteiger partial charge in [-0.3, -0.25) is 0 Å². The fourth-order valence-electron chi connectivity index (χ4n) is 2.79. The Kier molecular flexibility index (Phi) is 5.09. The molecule has 0 radical (unpaired) electrons. The lowest BCUT2D eigenvalue weighted by atomic mass is 10.00. The Balaban J connectivity index is 1.73. The highest BCUT2D eigenvalue weighted by Crippen LogP contribution is 2.35. The molecular weight excluding hydrogens is 340 g/mol. The predicted molar refractivity (Wildman–Crippen MR) is 81.6 cm³/mol. The van der Waals surface area contributed by atoms with Gasteiger partial charge in [0.1, 0.15) is 24.1 Å². The van der Waals surface area contributed by atoms with Crippen molar-refractivity contribution in [3.05, 3.63) is 29.8 Å². The number of ether oxygens (including phenoxy) is 4. The molecule has 9 heteroatoms. The van der Waals surface area contributed by atoms with Crippen LogP contribution in [0.5, 0.6) is 5.75 Å². The summed E-state index contributed by atoms with van der Waals surface area (Å²) >= 11 is 0. The molecule has 24 heavy (non-hydrogen) atoms. The van der Waals surface area contributed by atoms with Crippen LogP contribution in [0.3, 0.4) is 0 Å². The van der Waals surface area contributed by atoms with E-state index in [0.29, 0.717) is 0 Å². The van der Waals surface area contributed by atoms with Crippen molar-refractivity contribution in [1.82, 2.24) is 0 Å². The number of benzene rings is 1. The zero-order chi connectivity index (χ0) is 17.3. The minimum absolute atomic E-state index is 0.235. The van der Waals surface area contributed by atoms with Crippen LogP contribution in [0.4, 0.5) is 0 Å². The van der Waals surface area contributed by atoms with Crippen molar-refractivity contribution in [1.29, 1.82) is 0 Å². The van der Waals surface area contributed by atoms with Gasteiger partial charge >= 0.3 is 10.4 Å². The minimum atomic E-state index is -4.05. The maximum Gasteiger partial charge on any atom is 0.400 e. The van der Waals surface area contributed by atoms with Crippen LogP contribution in [0.2, 0.25) is 0 Å². The van der Waals surface area contributed by atoms with E-state index in [2.05, 4.69) is 0 Å². The first-order chi connectivity index (χ1) is 11.4. The summed E-state index contributed by atoms with van der Waals surface area (Å²) in [7, 11) is -0.996. The monoisotopic (exact) mass is 360 g/mol. The van der Waals surface area contributed by atoms with Crippen LogP contribution in [0.25, 0.3) is 0 Å². The van der Waals surface area contributed by atoms with Crippen LogP contribution in [-0.2, 0) is 39.6 Å². The molecule has 2 fully saturated rings. The van der Waals surface area contributed by atoms with Gasteiger partial charge in [-0.2, -0.15) is 8.42 Å². The smallest absolute Gasteiger partial charge is 0.400 e. The summed E-state index contributed by atoms with van der Waals surface area (Å²) in [6.45, 7) is 1.94. The highest BCUT2D eigenvalue weighted by atomic mass is 32.3. The molecule has 2 aliphatic heterocycles. The summed E-state index contributed by atoms with van der Waals surface area (Å²) in [6, 6.07) is 7.34. The lowest BCUT2D eigenvalue weighted by Crippen LogP contribution is -2.56. The van der Waals surface area contributed by atoms with E-state index in [1.54, 1.807) is 14.0 Å². The third-order valence-corrected chi connectivity index (χ3v) is 4.93. The molecule has 1 aromatic carbocycles. The van der Waals surface area contributed by atoms with Gasteiger partial charge in [-0.15, -0.1) is 0 Å². The van der Waals surface area contributed by atoms with E-state index in [9.17, 15) is 8.42 Å². The lowest BCUT2D eigenvalue weighted by Gasteiger charge is -2.39. The van der Waals surface area contributed by atoms with Gasteiger partial charge in [0.25, 0.3) is 0 Å². The highest BCUT2D eigenvalue weighted by molar-refractivity contribution is 7.82. The number of rotatable bonds is 5. The predicted octanol–water partition coefficient (Wildman–Crippen LogP) is 1.00. The fraction of sp³-hybridized carbons (Fsp3) is 0.600. The second kappa shape index (κ2) is 6.95. The molecule has 0 aromatic heterocycles. The van der Waals surface area contributed by atoms with Gasteiger partial charge in [0.15, 0.2) is 6.29 Å². The van der Waals surface area contributed by atoms with E-state index in [1.807, 2.05) is 24.3 Å². The van der Waals surface area contributed by atoms with E-state index in [1.165, 1.54) is 7.11 Å². The molecule has 0 bridgehead atoms. The summed E-state index contributed by atoms with van der Waals surface area (Å²) in [6.07, 6.45) is -3.57. The van der Waals surface area contributed by atoms with Crippen LogP contribution in [0.1, 0.15) is 12.5 Å². The summed E-state index contributed by atoms with van der Waals surface area (Å²) in [4.78, 5) is 0. The Bertz CT molecular complexity index is 659. The Morgan fingerprint density at radius 2 is 1.75 bits per heavy atom. The van der Waals surface area contributed by atoms with Crippen LogP contribution in [0, 0.1) is 0 Å². The number of hydrogen-bond acceptors (Lipinski definition) is 8. The summed E-state index contributed by atoms with van der Waals surface area (Å²) < 4.78 is 55.1. The average Bonchev–Trinajstić information content (AvgIpc) is 2.90. The molecule has 0 aliphatic carbocycles. The normalized spacial score (nSPS) is 34.7. The Labute approximate surface area is 140 Å². The summed E-state index contributed by atoms with van der Waals surface area (Å²) in [5, 5.41) is 0. The van der Waals surface area contributed by atoms with Crippen molar-refractivity contribution in [3.63, 3.8) is 0 Å². The molecule has 134 valence electrons. The van der Waals surface area contributed by atoms with Gasteiger partial charge < -0.3 is 18.9 Å². The van der Waals surface area contributed by atoms with E-state index in [4.69, 9.17) is 27.3 Å². The number of methoxy groups -OCH3 is 2. The third-order valence-electron chi connectivity index (χ3n) is 4.02. The second-order valence-corrected chi connectivity index (χ2v) is 6.80. The topological polar surface area (TPSA) is 89.5 Å². The van der Waals surface area contributed by atoms with Crippen molar-refractivity contribution in [3.8, 4) is 5.75 Å². The molecule has 0 N–H and O–H groups in total. The Morgan fingerprint density at radius 3 is 2.38 bits per heavy atom. The molecule has 2 saturated heterocycles. The van der Waals surface area contributed by atoms with Crippen molar-refractivity contribution in [2.24, 2.45) is 0 Å². The maximum atomic E-state index is 11.6. The van der Waals surface area contributed by atoms with E-state index in [0.717, 1.165) is 11.3 Å². The van der Waals surface area contributed by atoms with Crippen LogP contribution in [-0.4, -0.2) is 53.3 Å². The molecule has 2 heterocycles. The molecule has 5 atom stereocenters. The zero-order valence-electron chi connectivity index (χ0n) is 13.6. The zero-order valence-corrected chi connectivity index (χ0v) is 14.4. The summed E-state index contributed by atoms with van der Waals surface area (Å²) in [5.74, 6) is 0.738. The molecular formula is C15H20O8S. The van der Waals surface area contributed by atoms with Gasteiger partial charge in [0, 0.05) is 7.11 Å². The van der Waals surface area contributed by atoms with Crippen LogP contribution in [0.15, 0.2) is 24.3 Å². The van der Waals surface area contributed by atoms with Gasteiger partial charge in [-0.05, 0) is 24.6 Å². The number of fused-ring (bicyclic) bond motifs is 1. The van der Waals surface area contributed by atoms with E-state index < -0.39 is 41.1 Å². The van der Waals surface area contributed by atoms with Crippen LogP contribution >= 0.6 is 0 Å². The van der Waals surface area contributed by atoms with Gasteiger partial charge in [0.05, 0.1) is 19.8 Å². The maximum absolute atomic E-state index is 11.6. The molecule has 8 nitrogen and oxygen atoms in total. The van der Waals surface area contributed by atoms with Crippen molar-refractivity contribution in [2.75, 3.05) is 14.2 Å². The van der Waals surface area contributed by atoms with Crippen LogP contribution < -0.4 is 4.74 Å².